The predicted octanol–water partition coefficient (Wildman–Crippen LogP) is 3.27. The van der Waals surface area contributed by atoms with Crippen LogP contribution in [0.3, 0.4) is 0 Å². The summed E-state index contributed by atoms with van der Waals surface area (Å²) in [6.07, 6.45) is 4.28. The van der Waals surface area contributed by atoms with Gasteiger partial charge in [0.1, 0.15) is 0 Å². The fourth-order valence-corrected chi connectivity index (χ4v) is 4.12. The lowest BCUT2D eigenvalue weighted by Gasteiger charge is -2.27. The van der Waals surface area contributed by atoms with Crippen LogP contribution in [0.15, 0.2) is 6.20 Å². The maximum atomic E-state index is 5.57. The molecule has 5 heteroatoms. The Balaban J connectivity index is 2.32. The summed E-state index contributed by atoms with van der Waals surface area (Å²) < 4.78 is 7.69. The van der Waals surface area contributed by atoms with Crippen molar-refractivity contribution in [3.05, 3.63) is 11.9 Å². The second kappa shape index (κ2) is 7.36. The van der Waals surface area contributed by atoms with Gasteiger partial charge in [0.25, 0.3) is 0 Å². The SMILES string of the molecule is CCCNC(c1c(OC)cnn1C(C)C)C1CCSC1. The Hall–Kier alpha value is -0.680. The van der Waals surface area contributed by atoms with Gasteiger partial charge in [-0.15, -0.1) is 0 Å². The van der Waals surface area contributed by atoms with Crippen molar-refractivity contribution in [1.82, 2.24) is 15.1 Å². The maximum Gasteiger partial charge on any atom is 0.161 e. The van der Waals surface area contributed by atoms with E-state index in [9.17, 15) is 0 Å². The number of hydrogen-bond acceptors (Lipinski definition) is 4. The lowest BCUT2D eigenvalue weighted by molar-refractivity contribution is 0.335. The topological polar surface area (TPSA) is 39.1 Å². The lowest BCUT2D eigenvalue weighted by Crippen LogP contribution is -2.32. The van der Waals surface area contributed by atoms with E-state index in [2.05, 4.69) is 47.6 Å². The van der Waals surface area contributed by atoms with Crippen molar-refractivity contribution in [3.8, 4) is 5.75 Å². The minimum absolute atomic E-state index is 0.352. The summed E-state index contributed by atoms with van der Waals surface area (Å²) >= 11 is 2.06. The van der Waals surface area contributed by atoms with E-state index in [0.717, 1.165) is 18.7 Å². The molecule has 0 amide bonds. The van der Waals surface area contributed by atoms with Crippen molar-refractivity contribution < 1.29 is 4.74 Å². The van der Waals surface area contributed by atoms with E-state index >= 15 is 0 Å². The molecule has 0 aromatic carbocycles. The number of nitrogens with one attached hydrogen (secondary N) is 1. The smallest absolute Gasteiger partial charge is 0.161 e. The fourth-order valence-electron chi connectivity index (χ4n) is 2.82. The van der Waals surface area contributed by atoms with Gasteiger partial charge in [0, 0.05) is 6.04 Å². The summed E-state index contributed by atoms with van der Waals surface area (Å²) in [6.45, 7) is 7.61. The van der Waals surface area contributed by atoms with Crippen LogP contribution in [-0.4, -0.2) is 34.9 Å². The molecule has 114 valence electrons. The Labute approximate surface area is 126 Å². The Morgan fingerprint density at radius 1 is 1.55 bits per heavy atom. The Morgan fingerprint density at radius 2 is 2.35 bits per heavy atom. The second-order valence-corrected chi connectivity index (χ2v) is 6.84. The summed E-state index contributed by atoms with van der Waals surface area (Å²) in [5.41, 5.74) is 1.23. The van der Waals surface area contributed by atoms with Gasteiger partial charge in [0.15, 0.2) is 5.75 Å². The number of thioether (sulfide) groups is 1. The van der Waals surface area contributed by atoms with E-state index in [1.165, 1.54) is 23.6 Å². The molecule has 2 heterocycles. The molecule has 1 aromatic rings. The third-order valence-corrected chi connectivity index (χ3v) is 5.04. The van der Waals surface area contributed by atoms with Crippen molar-refractivity contribution in [3.63, 3.8) is 0 Å². The fraction of sp³-hybridized carbons (Fsp3) is 0.800. The predicted molar refractivity (Wildman–Crippen MR) is 85.6 cm³/mol. The van der Waals surface area contributed by atoms with Gasteiger partial charge in [0.2, 0.25) is 0 Å². The van der Waals surface area contributed by atoms with E-state index < -0.39 is 0 Å². The first-order valence-corrected chi connectivity index (χ1v) is 8.77. The molecule has 1 aliphatic heterocycles. The summed E-state index contributed by atoms with van der Waals surface area (Å²) in [4.78, 5) is 0. The van der Waals surface area contributed by atoms with Crippen LogP contribution in [0.25, 0.3) is 0 Å². The van der Waals surface area contributed by atoms with Crippen LogP contribution in [0.2, 0.25) is 0 Å². The summed E-state index contributed by atoms with van der Waals surface area (Å²) in [5, 5.41) is 8.26. The Kier molecular flexibility index (Phi) is 5.78. The normalized spacial score (nSPS) is 20.6. The molecular formula is C15H27N3OS. The first-order chi connectivity index (χ1) is 9.69. The molecule has 1 saturated heterocycles. The van der Waals surface area contributed by atoms with Gasteiger partial charge >= 0.3 is 0 Å². The first-order valence-electron chi connectivity index (χ1n) is 7.61. The molecule has 1 fully saturated rings. The molecule has 1 N–H and O–H groups in total. The first kappa shape index (κ1) is 15.7. The molecule has 0 aliphatic carbocycles. The van der Waals surface area contributed by atoms with Crippen LogP contribution in [0.1, 0.15) is 51.4 Å². The van der Waals surface area contributed by atoms with Crippen LogP contribution < -0.4 is 10.1 Å². The highest BCUT2D eigenvalue weighted by Gasteiger charge is 2.32. The zero-order valence-corrected chi connectivity index (χ0v) is 13.9. The Bertz CT molecular complexity index is 413. The quantitative estimate of drug-likeness (QED) is 0.838. The van der Waals surface area contributed by atoms with Crippen LogP contribution in [0.5, 0.6) is 5.75 Å². The number of methoxy groups -OCH3 is 1. The largest absolute Gasteiger partial charge is 0.493 e. The highest BCUT2D eigenvalue weighted by atomic mass is 32.2. The number of ether oxygens (including phenoxy) is 1. The Morgan fingerprint density at radius 3 is 2.90 bits per heavy atom. The van der Waals surface area contributed by atoms with Crippen LogP contribution in [0.4, 0.5) is 0 Å². The highest BCUT2D eigenvalue weighted by Crippen LogP contribution is 2.38. The molecular weight excluding hydrogens is 270 g/mol. The van der Waals surface area contributed by atoms with Crippen molar-refractivity contribution in [2.24, 2.45) is 5.92 Å². The van der Waals surface area contributed by atoms with Crippen LogP contribution in [0, 0.1) is 5.92 Å². The summed E-state index contributed by atoms with van der Waals surface area (Å²) in [5.74, 6) is 4.10. The third-order valence-electron chi connectivity index (χ3n) is 3.85. The highest BCUT2D eigenvalue weighted by molar-refractivity contribution is 7.99. The van der Waals surface area contributed by atoms with E-state index in [4.69, 9.17) is 4.74 Å². The average Bonchev–Trinajstić information content (AvgIpc) is 3.08. The number of aromatic nitrogens is 2. The van der Waals surface area contributed by atoms with Gasteiger partial charge in [-0.2, -0.15) is 16.9 Å². The van der Waals surface area contributed by atoms with Gasteiger partial charge in [-0.3, -0.25) is 4.68 Å². The zero-order valence-electron chi connectivity index (χ0n) is 13.1. The standard InChI is InChI=1S/C15H27N3OS/c1-5-7-16-14(12-6-8-20-10-12)15-13(19-4)9-17-18(15)11(2)3/h9,11-12,14,16H,5-8,10H2,1-4H3. The third kappa shape index (κ3) is 3.31. The molecule has 4 nitrogen and oxygen atoms in total. The molecule has 20 heavy (non-hydrogen) atoms. The van der Waals surface area contributed by atoms with Gasteiger partial charge in [0.05, 0.1) is 25.0 Å². The molecule has 0 saturated carbocycles. The molecule has 2 rings (SSSR count). The molecule has 0 spiro atoms. The van der Waals surface area contributed by atoms with Crippen LogP contribution in [-0.2, 0) is 0 Å². The maximum absolute atomic E-state index is 5.57. The summed E-state index contributed by atoms with van der Waals surface area (Å²) in [6, 6.07) is 0.707. The minimum Gasteiger partial charge on any atom is -0.493 e. The minimum atomic E-state index is 0.352. The van der Waals surface area contributed by atoms with Gasteiger partial charge in [-0.05, 0) is 50.7 Å². The number of rotatable bonds is 7. The molecule has 2 atom stereocenters. The number of nitrogens with zero attached hydrogens (tertiary/aromatic N) is 2. The molecule has 1 aliphatic rings. The molecule has 2 unspecified atom stereocenters. The van der Waals surface area contributed by atoms with E-state index in [0.29, 0.717) is 18.0 Å². The van der Waals surface area contributed by atoms with E-state index in [1.807, 2.05) is 6.20 Å². The average molecular weight is 297 g/mol. The second-order valence-electron chi connectivity index (χ2n) is 5.69. The number of hydrogen-bond donors (Lipinski definition) is 1. The van der Waals surface area contributed by atoms with Crippen molar-refractivity contribution in [2.45, 2.75) is 45.7 Å². The molecule has 0 radical (unpaired) electrons. The van der Waals surface area contributed by atoms with Gasteiger partial charge < -0.3 is 10.1 Å². The van der Waals surface area contributed by atoms with Gasteiger partial charge in [-0.25, -0.2) is 0 Å². The van der Waals surface area contributed by atoms with E-state index in [1.54, 1.807) is 7.11 Å². The van der Waals surface area contributed by atoms with Crippen LogP contribution >= 0.6 is 11.8 Å². The van der Waals surface area contributed by atoms with Gasteiger partial charge in [-0.1, -0.05) is 6.92 Å². The van der Waals surface area contributed by atoms with Crippen molar-refractivity contribution >= 4 is 11.8 Å². The molecule has 0 bridgehead atoms. The van der Waals surface area contributed by atoms with Crippen molar-refractivity contribution in [2.75, 3.05) is 25.2 Å². The monoisotopic (exact) mass is 297 g/mol. The lowest BCUT2D eigenvalue weighted by atomic mass is 9.95. The zero-order chi connectivity index (χ0) is 14.5. The molecule has 1 aromatic heterocycles. The van der Waals surface area contributed by atoms with Crippen molar-refractivity contribution in [1.29, 1.82) is 0 Å². The summed E-state index contributed by atoms with van der Waals surface area (Å²) in [7, 11) is 1.74. The van der Waals surface area contributed by atoms with E-state index in [-0.39, 0.29) is 0 Å².